The van der Waals surface area contributed by atoms with Gasteiger partial charge in [0.25, 0.3) is 5.91 Å². The number of aromatic nitrogens is 2. The zero-order valence-corrected chi connectivity index (χ0v) is 17.1. The predicted octanol–water partition coefficient (Wildman–Crippen LogP) is 3.50. The molecular formula is C23H27N3O3. The fraction of sp³-hybridized carbons (Fsp3) is 0.304. The number of nitrogens with zero attached hydrogens (tertiary/aromatic N) is 2. The molecule has 0 fully saturated rings. The number of methoxy groups -OCH3 is 1. The van der Waals surface area contributed by atoms with Crippen LogP contribution in [0.3, 0.4) is 0 Å². The summed E-state index contributed by atoms with van der Waals surface area (Å²) in [5, 5.41) is 3.01. The zero-order valence-electron chi connectivity index (χ0n) is 17.1. The van der Waals surface area contributed by atoms with E-state index in [1.54, 1.807) is 13.3 Å². The maximum Gasteiger partial charge on any atom is 0.253 e. The summed E-state index contributed by atoms with van der Waals surface area (Å²) >= 11 is 0. The first-order chi connectivity index (χ1) is 14.1. The van der Waals surface area contributed by atoms with Crippen molar-refractivity contribution in [1.82, 2.24) is 14.9 Å². The molecule has 0 spiro atoms. The molecule has 1 N–H and O–H groups in total. The van der Waals surface area contributed by atoms with Gasteiger partial charge in [-0.2, -0.15) is 0 Å². The van der Waals surface area contributed by atoms with Crippen molar-refractivity contribution in [3.63, 3.8) is 0 Å². The number of hydrogen-bond acceptors (Lipinski definition) is 4. The summed E-state index contributed by atoms with van der Waals surface area (Å²) in [6.07, 6.45) is 1.78. The van der Waals surface area contributed by atoms with Crippen LogP contribution in [0.5, 0.6) is 5.75 Å². The van der Waals surface area contributed by atoms with Crippen LogP contribution in [0.4, 0.5) is 0 Å². The standard InChI is InChI=1S/C23H27N3O3/c1-17-13-22(18(2)26(17)16-20-8-4-5-10-24-20)23(27)25-15-19-7-6-9-21(14-19)29-12-11-28-3/h4-10,13-14H,11-12,15-16H2,1-3H3,(H,25,27). The fourth-order valence-corrected chi connectivity index (χ4v) is 3.19. The highest BCUT2D eigenvalue weighted by Crippen LogP contribution is 2.17. The minimum atomic E-state index is -0.0870. The molecule has 29 heavy (non-hydrogen) atoms. The van der Waals surface area contributed by atoms with Gasteiger partial charge in [0, 0.05) is 31.2 Å². The molecule has 0 unspecified atom stereocenters. The SMILES string of the molecule is COCCOc1cccc(CNC(=O)c2cc(C)n(Cc3ccccn3)c2C)c1. The van der Waals surface area contributed by atoms with E-state index in [2.05, 4.69) is 14.9 Å². The lowest BCUT2D eigenvalue weighted by atomic mass is 10.2. The molecule has 1 amide bonds. The van der Waals surface area contributed by atoms with Crippen LogP contribution in [0.2, 0.25) is 0 Å². The first-order valence-electron chi connectivity index (χ1n) is 9.64. The third kappa shape index (κ3) is 5.45. The van der Waals surface area contributed by atoms with Crippen LogP contribution in [-0.2, 0) is 17.8 Å². The van der Waals surface area contributed by atoms with E-state index in [1.807, 2.05) is 62.4 Å². The number of rotatable bonds is 9. The van der Waals surface area contributed by atoms with Gasteiger partial charge in [0.2, 0.25) is 0 Å². The van der Waals surface area contributed by atoms with Crippen molar-refractivity contribution in [3.05, 3.63) is 82.9 Å². The van der Waals surface area contributed by atoms with Gasteiger partial charge in [-0.25, -0.2) is 0 Å². The van der Waals surface area contributed by atoms with E-state index in [0.717, 1.165) is 28.4 Å². The Balaban J connectivity index is 1.64. The number of hydrogen-bond donors (Lipinski definition) is 1. The largest absolute Gasteiger partial charge is 0.491 e. The number of ether oxygens (including phenoxy) is 2. The van der Waals surface area contributed by atoms with Crippen molar-refractivity contribution in [2.45, 2.75) is 26.9 Å². The molecule has 6 heteroatoms. The predicted molar refractivity (Wildman–Crippen MR) is 112 cm³/mol. The summed E-state index contributed by atoms with van der Waals surface area (Å²) < 4.78 is 12.7. The van der Waals surface area contributed by atoms with E-state index in [0.29, 0.717) is 31.9 Å². The Bertz CT molecular complexity index is 951. The molecule has 0 saturated carbocycles. The first kappa shape index (κ1) is 20.6. The van der Waals surface area contributed by atoms with Crippen LogP contribution >= 0.6 is 0 Å². The Hall–Kier alpha value is -3.12. The van der Waals surface area contributed by atoms with Crippen molar-refractivity contribution in [2.24, 2.45) is 0 Å². The molecule has 2 heterocycles. The van der Waals surface area contributed by atoms with Crippen LogP contribution in [-0.4, -0.2) is 35.8 Å². The fourth-order valence-electron chi connectivity index (χ4n) is 3.19. The number of carbonyl (C=O) groups excluding carboxylic acids is 1. The Morgan fingerprint density at radius 3 is 2.72 bits per heavy atom. The number of carbonyl (C=O) groups is 1. The maximum absolute atomic E-state index is 12.8. The highest BCUT2D eigenvalue weighted by molar-refractivity contribution is 5.95. The molecule has 0 atom stereocenters. The normalized spacial score (nSPS) is 10.7. The summed E-state index contributed by atoms with van der Waals surface area (Å²) in [7, 11) is 1.64. The third-order valence-corrected chi connectivity index (χ3v) is 4.77. The van der Waals surface area contributed by atoms with Gasteiger partial charge in [-0.3, -0.25) is 9.78 Å². The molecule has 0 aliphatic carbocycles. The van der Waals surface area contributed by atoms with Crippen LogP contribution in [0, 0.1) is 13.8 Å². The van der Waals surface area contributed by atoms with Crippen LogP contribution in [0.1, 0.15) is 33.0 Å². The van der Waals surface area contributed by atoms with Gasteiger partial charge < -0.3 is 19.4 Å². The highest BCUT2D eigenvalue weighted by Gasteiger charge is 2.16. The molecule has 0 aliphatic rings. The minimum absolute atomic E-state index is 0.0870. The number of pyridine rings is 1. The number of amides is 1. The van der Waals surface area contributed by atoms with Crippen molar-refractivity contribution in [1.29, 1.82) is 0 Å². The molecule has 3 rings (SSSR count). The van der Waals surface area contributed by atoms with E-state index < -0.39 is 0 Å². The van der Waals surface area contributed by atoms with Gasteiger partial charge in [0.1, 0.15) is 12.4 Å². The molecule has 0 aliphatic heterocycles. The summed E-state index contributed by atoms with van der Waals surface area (Å²) in [6, 6.07) is 15.5. The summed E-state index contributed by atoms with van der Waals surface area (Å²) in [5.74, 6) is 0.679. The molecule has 1 aromatic carbocycles. The van der Waals surface area contributed by atoms with Crippen LogP contribution in [0.25, 0.3) is 0 Å². The van der Waals surface area contributed by atoms with Crippen LogP contribution in [0.15, 0.2) is 54.7 Å². The smallest absolute Gasteiger partial charge is 0.253 e. The van der Waals surface area contributed by atoms with Gasteiger partial charge in [-0.15, -0.1) is 0 Å². The first-order valence-corrected chi connectivity index (χ1v) is 9.64. The average Bonchev–Trinajstić information content (AvgIpc) is 3.02. The lowest BCUT2D eigenvalue weighted by Gasteiger charge is -2.10. The molecule has 152 valence electrons. The number of benzene rings is 1. The lowest BCUT2D eigenvalue weighted by molar-refractivity contribution is 0.0950. The monoisotopic (exact) mass is 393 g/mol. The van der Waals surface area contributed by atoms with E-state index in [-0.39, 0.29) is 5.91 Å². The molecule has 6 nitrogen and oxygen atoms in total. The maximum atomic E-state index is 12.8. The van der Waals surface area contributed by atoms with Gasteiger partial charge in [0.05, 0.1) is 24.4 Å². The van der Waals surface area contributed by atoms with Crippen molar-refractivity contribution >= 4 is 5.91 Å². The lowest BCUT2D eigenvalue weighted by Crippen LogP contribution is -2.23. The molecular weight excluding hydrogens is 366 g/mol. The van der Waals surface area contributed by atoms with E-state index >= 15 is 0 Å². The van der Waals surface area contributed by atoms with Gasteiger partial charge in [0.15, 0.2) is 0 Å². The number of nitrogens with one attached hydrogen (secondary N) is 1. The number of aryl methyl sites for hydroxylation is 1. The van der Waals surface area contributed by atoms with Gasteiger partial charge in [-0.05, 0) is 49.7 Å². The quantitative estimate of drug-likeness (QED) is 0.565. The second-order valence-corrected chi connectivity index (χ2v) is 6.86. The molecule has 0 bridgehead atoms. The second-order valence-electron chi connectivity index (χ2n) is 6.86. The van der Waals surface area contributed by atoms with Crippen molar-refractivity contribution in [3.8, 4) is 5.75 Å². The summed E-state index contributed by atoms with van der Waals surface area (Å²) in [4.78, 5) is 17.1. The topological polar surface area (TPSA) is 65.4 Å². The Morgan fingerprint density at radius 1 is 1.10 bits per heavy atom. The van der Waals surface area contributed by atoms with Crippen LogP contribution < -0.4 is 10.1 Å². The van der Waals surface area contributed by atoms with E-state index in [9.17, 15) is 4.79 Å². The second kappa shape index (κ2) is 9.89. The molecule has 0 radical (unpaired) electrons. The van der Waals surface area contributed by atoms with Crippen molar-refractivity contribution in [2.75, 3.05) is 20.3 Å². The van der Waals surface area contributed by atoms with E-state index in [4.69, 9.17) is 9.47 Å². The summed E-state index contributed by atoms with van der Waals surface area (Å²) in [5.41, 5.74) is 4.60. The minimum Gasteiger partial charge on any atom is -0.491 e. The Labute approximate surface area is 171 Å². The van der Waals surface area contributed by atoms with Crippen molar-refractivity contribution < 1.29 is 14.3 Å². The van der Waals surface area contributed by atoms with E-state index in [1.165, 1.54) is 0 Å². The average molecular weight is 393 g/mol. The zero-order chi connectivity index (χ0) is 20.6. The van der Waals surface area contributed by atoms with Gasteiger partial charge in [-0.1, -0.05) is 18.2 Å². The van der Waals surface area contributed by atoms with Gasteiger partial charge >= 0.3 is 0 Å². The Kier molecular flexibility index (Phi) is 7.03. The Morgan fingerprint density at radius 2 is 1.97 bits per heavy atom. The molecule has 0 saturated heterocycles. The third-order valence-electron chi connectivity index (χ3n) is 4.77. The molecule has 2 aromatic heterocycles. The highest BCUT2D eigenvalue weighted by atomic mass is 16.5. The summed E-state index contributed by atoms with van der Waals surface area (Å²) in [6.45, 7) is 6.09. The molecule has 3 aromatic rings.